The monoisotopic (exact) mass is 323 g/mol. The van der Waals surface area contributed by atoms with Crippen LogP contribution >= 0.6 is 0 Å². The van der Waals surface area contributed by atoms with Crippen LogP contribution < -0.4 is 5.32 Å². The molecule has 1 aliphatic heterocycles. The zero-order valence-corrected chi connectivity index (χ0v) is 14.0. The number of urea groups is 1. The molecule has 1 heterocycles. The number of carbonyl (C=O) groups is 4. The molecule has 0 radical (unpaired) electrons. The fourth-order valence-corrected chi connectivity index (χ4v) is 3.14. The molecular weight excluding hydrogens is 298 g/mol. The van der Waals surface area contributed by atoms with E-state index in [0.29, 0.717) is 5.92 Å². The highest BCUT2D eigenvalue weighted by Gasteiger charge is 2.45. The second-order valence-electron chi connectivity index (χ2n) is 6.92. The van der Waals surface area contributed by atoms with Crippen molar-refractivity contribution in [3.05, 3.63) is 0 Å². The summed E-state index contributed by atoms with van der Waals surface area (Å²) in [7, 11) is 0. The van der Waals surface area contributed by atoms with Gasteiger partial charge in [-0.2, -0.15) is 0 Å². The van der Waals surface area contributed by atoms with Gasteiger partial charge in [0, 0.05) is 12.6 Å². The maximum atomic E-state index is 12.2. The van der Waals surface area contributed by atoms with Crippen molar-refractivity contribution in [3.8, 4) is 0 Å². The van der Waals surface area contributed by atoms with E-state index in [0.717, 1.165) is 35.5 Å². The smallest absolute Gasteiger partial charge is 0.334 e. The van der Waals surface area contributed by atoms with E-state index in [1.54, 1.807) is 0 Å². The first-order valence-corrected chi connectivity index (χ1v) is 8.28. The number of nitrogens with zero attached hydrogens (tertiary/aromatic N) is 2. The van der Waals surface area contributed by atoms with Crippen LogP contribution in [0.3, 0.4) is 0 Å². The number of carbonyl (C=O) groups excluding carboxylic acids is 4. The zero-order valence-electron chi connectivity index (χ0n) is 14.0. The van der Waals surface area contributed by atoms with Gasteiger partial charge in [0.2, 0.25) is 5.91 Å². The molecule has 0 aromatic rings. The summed E-state index contributed by atoms with van der Waals surface area (Å²) < 4.78 is 0. The summed E-state index contributed by atoms with van der Waals surface area (Å²) in [5.74, 6) is -1.70. The van der Waals surface area contributed by atoms with Crippen molar-refractivity contribution in [3.63, 3.8) is 0 Å². The lowest BCUT2D eigenvalue weighted by Crippen LogP contribution is -2.47. The van der Waals surface area contributed by atoms with Gasteiger partial charge in [-0.1, -0.05) is 33.6 Å². The minimum atomic E-state index is -0.914. The Hall–Kier alpha value is -1.92. The van der Waals surface area contributed by atoms with Crippen LogP contribution in [0.5, 0.6) is 0 Å². The molecule has 2 fully saturated rings. The molecule has 7 nitrogen and oxygen atoms in total. The summed E-state index contributed by atoms with van der Waals surface area (Å²) >= 11 is 0. The van der Waals surface area contributed by atoms with Crippen LogP contribution in [0.25, 0.3) is 0 Å². The van der Waals surface area contributed by atoms with Crippen molar-refractivity contribution < 1.29 is 19.2 Å². The third-order valence-electron chi connectivity index (χ3n) is 4.44. The minimum Gasteiger partial charge on any atom is -0.352 e. The number of nitrogens with one attached hydrogen (secondary N) is 1. The topological polar surface area (TPSA) is 86.8 Å². The van der Waals surface area contributed by atoms with Crippen LogP contribution in [0.15, 0.2) is 0 Å². The predicted octanol–water partition coefficient (Wildman–Crippen LogP) is 1.13. The summed E-state index contributed by atoms with van der Waals surface area (Å²) in [5.41, 5.74) is 0. The van der Waals surface area contributed by atoms with Crippen molar-refractivity contribution in [2.24, 2.45) is 11.8 Å². The molecule has 5 amide bonds. The van der Waals surface area contributed by atoms with Gasteiger partial charge in [0.15, 0.2) is 0 Å². The fourth-order valence-electron chi connectivity index (χ4n) is 3.14. The molecule has 2 atom stereocenters. The Labute approximate surface area is 136 Å². The van der Waals surface area contributed by atoms with Gasteiger partial charge < -0.3 is 5.32 Å². The molecule has 0 aromatic carbocycles. The molecule has 7 heteroatoms. The van der Waals surface area contributed by atoms with Crippen molar-refractivity contribution in [1.82, 2.24) is 15.1 Å². The Bertz CT molecular complexity index is 517. The van der Waals surface area contributed by atoms with E-state index in [1.165, 1.54) is 0 Å². The lowest BCUT2D eigenvalue weighted by atomic mass is 9.86. The van der Waals surface area contributed by atoms with E-state index >= 15 is 0 Å². The van der Waals surface area contributed by atoms with Crippen LogP contribution in [0, 0.1) is 11.8 Å². The molecule has 23 heavy (non-hydrogen) atoms. The van der Waals surface area contributed by atoms with Gasteiger partial charge >= 0.3 is 17.8 Å². The molecule has 1 saturated carbocycles. The Morgan fingerprint density at radius 1 is 1.13 bits per heavy atom. The molecule has 1 N–H and O–H groups in total. The van der Waals surface area contributed by atoms with E-state index < -0.39 is 17.8 Å². The van der Waals surface area contributed by atoms with Crippen LogP contribution in [0.4, 0.5) is 4.79 Å². The molecule has 0 aromatic heterocycles. The summed E-state index contributed by atoms with van der Waals surface area (Å²) in [6, 6.07) is -0.618. The highest BCUT2D eigenvalue weighted by Crippen LogP contribution is 2.23. The molecule has 1 saturated heterocycles. The maximum Gasteiger partial charge on any atom is 0.334 e. The van der Waals surface area contributed by atoms with Gasteiger partial charge in [-0.25, -0.2) is 9.69 Å². The lowest BCUT2D eigenvalue weighted by molar-refractivity contribution is -0.144. The summed E-state index contributed by atoms with van der Waals surface area (Å²) in [4.78, 5) is 49.8. The average Bonchev–Trinajstić information content (AvgIpc) is 2.67. The molecule has 2 aliphatic rings. The van der Waals surface area contributed by atoms with Gasteiger partial charge in [-0.05, 0) is 24.7 Å². The van der Waals surface area contributed by atoms with Gasteiger partial charge in [0.25, 0.3) is 0 Å². The number of amides is 5. The molecule has 2 rings (SSSR count). The van der Waals surface area contributed by atoms with Crippen LogP contribution in [-0.4, -0.2) is 52.7 Å². The van der Waals surface area contributed by atoms with E-state index in [4.69, 9.17) is 0 Å². The highest BCUT2D eigenvalue weighted by atomic mass is 16.2. The van der Waals surface area contributed by atoms with Crippen molar-refractivity contribution in [1.29, 1.82) is 0 Å². The predicted molar refractivity (Wildman–Crippen MR) is 83.2 cm³/mol. The average molecular weight is 323 g/mol. The first kappa shape index (κ1) is 17.4. The molecule has 1 aliphatic carbocycles. The van der Waals surface area contributed by atoms with Crippen molar-refractivity contribution in [2.75, 3.05) is 13.1 Å². The first-order chi connectivity index (χ1) is 10.8. The zero-order chi connectivity index (χ0) is 17.1. The second kappa shape index (κ2) is 7.10. The number of hydrogen-bond donors (Lipinski definition) is 1. The molecule has 0 bridgehead atoms. The Balaban J connectivity index is 1.96. The van der Waals surface area contributed by atoms with Crippen LogP contribution in [-0.2, 0) is 14.4 Å². The van der Waals surface area contributed by atoms with Crippen LogP contribution in [0.2, 0.25) is 0 Å². The van der Waals surface area contributed by atoms with Crippen molar-refractivity contribution >= 4 is 23.8 Å². The van der Waals surface area contributed by atoms with Gasteiger partial charge in [-0.3, -0.25) is 19.3 Å². The largest absolute Gasteiger partial charge is 0.352 e. The third-order valence-corrected chi connectivity index (χ3v) is 4.44. The number of hydrogen-bond acceptors (Lipinski definition) is 4. The Morgan fingerprint density at radius 2 is 1.74 bits per heavy atom. The first-order valence-electron chi connectivity index (χ1n) is 8.28. The fraction of sp³-hybridized carbons (Fsp3) is 0.750. The van der Waals surface area contributed by atoms with Gasteiger partial charge in [0.1, 0.15) is 6.54 Å². The van der Waals surface area contributed by atoms with E-state index in [-0.39, 0.29) is 31.0 Å². The SMILES string of the molecule is CC(C)CN1C(=O)C(=O)N(CC(=O)N[C@H]2CCCC[C@@H]2C)C1=O. The number of imide groups is 2. The molecule has 128 valence electrons. The highest BCUT2D eigenvalue weighted by molar-refractivity contribution is 6.45. The van der Waals surface area contributed by atoms with E-state index in [2.05, 4.69) is 12.2 Å². The Morgan fingerprint density at radius 3 is 2.35 bits per heavy atom. The number of rotatable bonds is 5. The maximum absolute atomic E-state index is 12.2. The standard InChI is InChI=1S/C16H25N3O4/c1-10(2)8-18-14(21)15(22)19(16(18)23)9-13(20)17-12-7-5-4-6-11(12)3/h10-12H,4-9H2,1-3H3,(H,17,20)/t11-,12-/m0/s1. The quantitative estimate of drug-likeness (QED) is 0.607. The Kier molecular flexibility index (Phi) is 5.38. The normalized spacial score (nSPS) is 25.5. The van der Waals surface area contributed by atoms with Crippen molar-refractivity contribution in [2.45, 2.75) is 52.5 Å². The minimum absolute atomic E-state index is 0.0626. The molecule has 0 unspecified atom stereocenters. The third kappa shape index (κ3) is 3.89. The molecular formula is C16H25N3O4. The van der Waals surface area contributed by atoms with Crippen LogP contribution in [0.1, 0.15) is 46.5 Å². The van der Waals surface area contributed by atoms with Gasteiger partial charge in [-0.15, -0.1) is 0 Å². The molecule has 0 spiro atoms. The van der Waals surface area contributed by atoms with E-state index in [9.17, 15) is 19.2 Å². The van der Waals surface area contributed by atoms with Gasteiger partial charge in [0.05, 0.1) is 0 Å². The lowest BCUT2D eigenvalue weighted by Gasteiger charge is -2.29. The summed E-state index contributed by atoms with van der Waals surface area (Å²) in [6.07, 6.45) is 4.20. The summed E-state index contributed by atoms with van der Waals surface area (Å²) in [6.45, 7) is 5.59. The second-order valence-corrected chi connectivity index (χ2v) is 6.92. The summed E-state index contributed by atoms with van der Waals surface area (Å²) in [5, 5.41) is 2.89. The van der Waals surface area contributed by atoms with E-state index in [1.807, 2.05) is 13.8 Å².